The van der Waals surface area contributed by atoms with E-state index in [1.807, 2.05) is 30.3 Å². The van der Waals surface area contributed by atoms with E-state index in [0.29, 0.717) is 13.1 Å². The fourth-order valence-electron chi connectivity index (χ4n) is 1.95. The molecule has 19 heavy (non-hydrogen) atoms. The van der Waals surface area contributed by atoms with E-state index in [0.717, 1.165) is 11.1 Å². The van der Waals surface area contributed by atoms with Gasteiger partial charge in [-0.05, 0) is 30.2 Å². The van der Waals surface area contributed by atoms with Crippen LogP contribution in [0.5, 0.6) is 0 Å². The predicted octanol–water partition coefficient (Wildman–Crippen LogP) is 2.82. The highest BCUT2D eigenvalue weighted by Gasteiger charge is 2.21. The van der Waals surface area contributed by atoms with Gasteiger partial charge >= 0.3 is 0 Å². The summed E-state index contributed by atoms with van der Waals surface area (Å²) in [6.45, 7) is 2.82. The summed E-state index contributed by atoms with van der Waals surface area (Å²) in [5.74, 6) is -0.236. The normalized spacial score (nSPS) is 14.1. The van der Waals surface area contributed by atoms with E-state index < -0.39 is 5.60 Å². The van der Waals surface area contributed by atoms with Crippen molar-refractivity contribution in [2.75, 3.05) is 6.54 Å². The molecular formula is C16H18FNO. The largest absolute Gasteiger partial charge is 0.384 e. The highest BCUT2D eigenvalue weighted by Crippen LogP contribution is 2.19. The van der Waals surface area contributed by atoms with Crippen LogP contribution in [0, 0.1) is 5.82 Å². The average molecular weight is 259 g/mol. The van der Waals surface area contributed by atoms with Crippen LogP contribution in [0.2, 0.25) is 0 Å². The minimum atomic E-state index is -0.915. The highest BCUT2D eigenvalue weighted by molar-refractivity contribution is 5.22. The summed E-state index contributed by atoms with van der Waals surface area (Å²) in [7, 11) is 0. The number of rotatable bonds is 5. The lowest BCUT2D eigenvalue weighted by Crippen LogP contribution is -2.35. The van der Waals surface area contributed by atoms with Crippen molar-refractivity contribution in [3.63, 3.8) is 0 Å². The maximum absolute atomic E-state index is 12.8. The summed E-state index contributed by atoms with van der Waals surface area (Å²) < 4.78 is 12.8. The molecule has 2 rings (SSSR count). The Labute approximate surface area is 112 Å². The van der Waals surface area contributed by atoms with Crippen LogP contribution in [-0.4, -0.2) is 11.7 Å². The van der Waals surface area contributed by atoms with Crippen molar-refractivity contribution in [1.82, 2.24) is 5.32 Å². The maximum Gasteiger partial charge on any atom is 0.123 e. The Morgan fingerprint density at radius 1 is 1.05 bits per heavy atom. The zero-order valence-corrected chi connectivity index (χ0v) is 10.9. The molecule has 1 unspecified atom stereocenters. The lowest BCUT2D eigenvalue weighted by atomic mass is 9.96. The standard InChI is InChI=1S/C16H18FNO/c1-16(19,14-5-3-2-4-6-14)12-18-11-13-7-9-15(17)10-8-13/h2-10,18-19H,11-12H2,1H3. The molecule has 0 spiro atoms. The lowest BCUT2D eigenvalue weighted by Gasteiger charge is -2.24. The van der Waals surface area contributed by atoms with Crippen molar-refractivity contribution < 1.29 is 9.50 Å². The summed E-state index contributed by atoms with van der Waals surface area (Å²) >= 11 is 0. The molecule has 0 aliphatic heterocycles. The minimum Gasteiger partial charge on any atom is -0.384 e. The number of aliphatic hydroxyl groups is 1. The van der Waals surface area contributed by atoms with Crippen molar-refractivity contribution in [3.8, 4) is 0 Å². The van der Waals surface area contributed by atoms with Gasteiger partial charge in [-0.1, -0.05) is 42.5 Å². The molecule has 2 nitrogen and oxygen atoms in total. The molecule has 0 bridgehead atoms. The number of hydrogen-bond donors (Lipinski definition) is 2. The van der Waals surface area contributed by atoms with Crippen LogP contribution in [-0.2, 0) is 12.1 Å². The molecule has 0 saturated carbocycles. The van der Waals surface area contributed by atoms with Gasteiger partial charge in [0.1, 0.15) is 5.82 Å². The van der Waals surface area contributed by atoms with Gasteiger partial charge in [-0.15, -0.1) is 0 Å². The van der Waals surface area contributed by atoms with Gasteiger partial charge in [-0.2, -0.15) is 0 Å². The van der Waals surface area contributed by atoms with Gasteiger partial charge < -0.3 is 10.4 Å². The number of benzene rings is 2. The van der Waals surface area contributed by atoms with E-state index in [1.165, 1.54) is 12.1 Å². The predicted molar refractivity (Wildman–Crippen MR) is 74.1 cm³/mol. The summed E-state index contributed by atoms with van der Waals surface area (Å²) in [4.78, 5) is 0. The van der Waals surface area contributed by atoms with Crippen LogP contribution in [0.4, 0.5) is 4.39 Å². The van der Waals surface area contributed by atoms with E-state index in [1.54, 1.807) is 19.1 Å². The first-order chi connectivity index (χ1) is 9.08. The molecule has 3 heteroatoms. The zero-order chi connectivity index (χ0) is 13.7. The third kappa shape index (κ3) is 3.88. The van der Waals surface area contributed by atoms with Gasteiger partial charge in [0.2, 0.25) is 0 Å². The Morgan fingerprint density at radius 3 is 2.32 bits per heavy atom. The molecule has 2 aromatic carbocycles. The molecular weight excluding hydrogens is 241 g/mol. The third-order valence-corrected chi connectivity index (χ3v) is 3.11. The van der Waals surface area contributed by atoms with Crippen molar-refractivity contribution in [2.45, 2.75) is 19.1 Å². The van der Waals surface area contributed by atoms with Crippen molar-refractivity contribution in [3.05, 3.63) is 71.5 Å². The molecule has 0 aliphatic rings. The quantitative estimate of drug-likeness (QED) is 0.865. The summed E-state index contributed by atoms with van der Waals surface area (Å²) in [5, 5.41) is 13.6. The molecule has 0 aromatic heterocycles. The third-order valence-electron chi connectivity index (χ3n) is 3.11. The first-order valence-corrected chi connectivity index (χ1v) is 6.31. The lowest BCUT2D eigenvalue weighted by molar-refractivity contribution is 0.0567. The Hall–Kier alpha value is -1.71. The molecule has 1 atom stereocenters. The van der Waals surface area contributed by atoms with Crippen LogP contribution >= 0.6 is 0 Å². The van der Waals surface area contributed by atoms with Gasteiger partial charge in [-0.3, -0.25) is 0 Å². The molecule has 0 saturated heterocycles. The van der Waals surface area contributed by atoms with Crippen LogP contribution < -0.4 is 5.32 Å². The second kappa shape index (κ2) is 5.95. The summed E-state index contributed by atoms with van der Waals surface area (Å²) in [6, 6.07) is 15.9. The first kappa shape index (κ1) is 13.7. The zero-order valence-electron chi connectivity index (χ0n) is 10.9. The Balaban J connectivity index is 1.90. The van der Waals surface area contributed by atoms with Crippen LogP contribution in [0.25, 0.3) is 0 Å². The van der Waals surface area contributed by atoms with Gasteiger partial charge in [0, 0.05) is 13.1 Å². The molecule has 2 aromatic rings. The number of nitrogens with one attached hydrogen (secondary N) is 1. The Bertz CT molecular complexity index is 508. The molecule has 0 fully saturated rings. The second-order valence-electron chi connectivity index (χ2n) is 4.87. The van der Waals surface area contributed by atoms with Gasteiger partial charge in [0.25, 0.3) is 0 Å². The summed E-state index contributed by atoms with van der Waals surface area (Å²) in [6.07, 6.45) is 0. The fourth-order valence-corrected chi connectivity index (χ4v) is 1.95. The maximum atomic E-state index is 12.8. The van der Waals surface area contributed by atoms with Crippen molar-refractivity contribution in [2.24, 2.45) is 0 Å². The van der Waals surface area contributed by atoms with Crippen molar-refractivity contribution in [1.29, 1.82) is 0 Å². The van der Waals surface area contributed by atoms with Gasteiger partial charge in [-0.25, -0.2) is 4.39 Å². The SMILES string of the molecule is CC(O)(CNCc1ccc(F)cc1)c1ccccc1. The van der Waals surface area contributed by atoms with E-state index >= 15 is 0 Å². The molecule has 2 N–H and O–H groups in total. The van der Waals surface area contributed by atoms with E-state index in [-0.39, 0.29) is 5.82 Å². The van der Waals surface area contributed by atoms with Gasteiger partial charge in [0.15, 0.2) is 0 Å². The number of halogens is 1. The Kier molecular flexibility index (Phi) is 4.30. The summed E-state index contributed by atoms with van der Waals surface area (Å²) in [5.41, 5.74) is 0.952. The van der Waals surface area contributed by atoms with Crippen molar-refractivity contribution >= 4 is 0 Å². The minimum absolute atomic E-state index is 0.236. The smallest absolute Gasteiger partial charge is 0.123 e. The molecule has 0 heterocycles. The van der Waals surface area contributed by atoms with E-state index in [4.69, 9.17) is 0 Å². The topological polar surface area (TPSA) is 32.3 Å². The fraction of sp³-hybridized carbons (Fsp3) is 0.250. The first-order valence-electron chi connectivity index (χ1n) is 6.31. The molecule has 0 amide bonds. The molecule has 0 radical (unpaired) electrons. The van der Waals surface area contributed by atoms with E-state index in [2.05, 4.69) is 5.32 Å². The van der Waals surface area contributed by atoms with Crippen LogP contribution in [0.1, 0.15) is 18.1 Å². The monoisotopic (exact) mass is 259 g/mol. The van der Waals surface area contributed by atoms with Crippen LogP contribution in [0.3, 0.4) is 0 Å². The second-order valence-corrected chi connectivity index (χ2v) is 4.87. The van der Waals surface area contributed by atoms with E-state index in [9.17, 15) is 9.50 Å². The molecule has 0 aliphatic carbocycles. The highest BCUT2D eigenvalue weighted by atomic mass is 19.1. The van der Waals surface area contributed by atoms with Crippen LogP contribution in [0.15, 0.2) is 54.6 Å². The Morgan fingerprint density at radius 2 is 1.68 bits per heavy atom. The van der Waals surface area contributed by atoms with Gasteiger partial charge in [0.05, 0.1) is 5.60 Å². The average Bonchev–Trinajstić information content (AvgIpc) is 2.42. The number of hydrogen-bond acceptors (Lipinski definition) is 2. The molecule has 100 valence electrons.